The third kappa shape index (κ3) is 4.51. The summed E-state index contributed by atoms with van der Waals surface area (Å²) in [7, 11) is 0. The number of carbonyl (C=O) groups excluding carboxylic acids is 4. The molecule has 0 unspecified atom stereocenters. The molecule has 1 saturated heterocycles. The fourth-order valence-electron chi connectivity index (χ4n) is 3.71. The van der Waals surface area contributed by atoms with Crippen molar-refractivity contribution < 1.29 is 28.7 Å². The number of imide groups is 1. The highest BCUT2D eigenvalue weighted by molar-refractivity contribution is 6.31. The van der Waals surface area contributed by atoms with Crippen molar-refractivity contribution in [2.24, 2.45) is 0 Å². The molecule has 0 aliphatic carbocycles. The quantitative estimate of drug-likeness (QED) is 0.529. The Morgan fingerprint density at radius 1 is 1.16 bits per heavy atom. The van der Waals surface area contributed by atoms with E-state index in [0.29, 0.717) is 17.3 Å². The second-order valence-electron chi connectivity index (χ2n) is 7.70. The molecule has 0 aromatic heterocycles. The number of hydrogen-bond acceptors (Lipinski definition) is 6. The van der Waals surface area contributed by atoms with Gasteiger partial charge in [0.05, 0.1) is 29.3 Å². The Morgan fingerprint density at radius 2 is 1.94 bits per heavy atom. The maximum atomic E-state index is 12.7. The van der Waals surface area contributed by atoms with Gasteiger partial charge in [-0.05, 0) is 55.7 Å². The van der Waals surface area contributed by atoms with E-state index in [1.54, 1.807) is 18.2 Å². The lowest BCUT2D eigenvalue weighted by molar-refractivity contribution is -0.119. The molecule has 9 heteroatoms. The first-order valence-electron chi connectivity index (χ1n) is 10.2. The van der Waals surface area contributed by atoms with Crippen molar-refractivity contribution in [3.05, 3.63) is 63.7 Å². The number of anilines is 1. The van der Waals surface area contributed by atoms with Gasteiger partial charge >= 0.3 is 5.97 Å². The van der Waals surface area contributed by atoms with Crippen LogP contribution >= 0.6 is 11.6 Å². The van der Waals surface area contributed by atoms with Crippen molar-refractivity contribution >= 4 is 41.0 Å². The van der Waals surface area contributed by atoms with E-state index in [2.05, 4.69) is 5.32 Å². The summed E-state index contributed by atoms with van der Waals surface area (Å²) in [5.74, 6) is -2.18. The molecule has 0 saturated carbocycles. The number of carbonyl (C=O) groups is 4. The largest absolute Gasteiger partial charge is 0.452 e. The summed E-state index contributed by atoms with van der Waals surface area (Å²) in [4.78, 5) is 51.0. The van der Waals surface area contributed by atoms with E-state index in [4.69, 9.17) is 21.1 Å². The van der Waals surface area contributed by atoms with Crippen molar-refractivity contribution in [3.63, 3.8) is 0 Å². The van der Waals surface area contributed by atoms with Crippen LogP contribution in [-0.4, -0.2) is 54.5 Å². The van der Waals surface area contributed by atoms with Crippen LogP contribution in [0.25, 0.3) is 0 Å². The minimum absolute atomic E-state index is 0.0793. The molecule has 1 fully saturated rings. The third-order valence-electron chi connectivity index (χ3n) is 5.42. The number of hydrogen-bond donors (Lipinski definition) is 1. The van der Waals surface area contributed by atoms with Crippen LogP contribution in [0.5, 0.6) is 0 Å². The number of esters is 1. The molecule has 0 bridgehead atoms. The van der Waals surface area contributed by atoms with E-state index < -0.39 is 30.3 Å². The molecule has 0 radical (unpaired) electrons. The smallest absolute Gasteiger partial charge is 0.338 e. The lowest BCUT2D eigenvalue weighted by atomic mass is 10.1. The number of ether oxygens (including phenoxy) is 2. The van der Waals surface area contributed by atoms with Crippen LogP contribution in [0.3, 0.4) is 0 Å². The van der Waals surface area contributed by atoms with Gasteiger partial charge in [-0.15, -0.1) is 0 Å². The van der Waals surface area contributed by atoms with Gasteiger partial charge in [0.2, 0.25) is 0 Å². The molecule has 3 amide bonds. The molecule has 1 N–H and O–H groups in total. The first-order chi connectivity index (χ1) is 15.3. The fraction of sp³-hybridized carbons (Fsp3) is 0.304. The summed E-state index contributed by atoms with van der Waals surface area (Å²) in [6, 6.07) is 9.22. The van der Waals surface area contributed by atoms with E-state index >= 15 is 0 Å². The molecule has 8 nitrogen and oxygen atoms in total. The Morgan fingerprint density at radius 3 is 2.69 bits per heavy atom. The summed E-state index contributed by atoms with van der Waals surface area (Å²) < 4.78 is 10.6. The van der Waals surface area contributed by atoms with Crippen LogP contribution in [-0.2, 0) is 14.3 Å². The Labute approximate surface area is 189 Å². The predicted octanol–water partition coefficient (Wildman–Crippen LogP) is 3.22. The summed E-state index contributed by atoms with van der Waals surface area (Å²) in [6.07, 6.45) is 1.53. The van der Waals surface area contributed by atoms with Crippen molar-refractivity contribution in [3.8, 4) is 0 Å². The summed E-state index contributed by atoms with van der Waals surface area (Å²) in [5.41, 5.74) is 1.78. The zero-order chi connectivity index (χ0) is 22.8. The molecule has 4 rings (SSSR count). The van der Waals surface area contributed by atoms with Crippen molar-refractivity contribution in [1.82, 2.24) is 4.90 Å². The van der Waals surface area contributed by atoms with Crippen LogP contribution < -0.4 is 5.32 Å². The molecular formula is C23H21ClN2O6. The van der Waals surface area contributed by atoms with Gasteiger partial charge in [-0.1, -0.05) is 17.7 Å². The van der Waals surface area contributed by atoms with E-state index in [0.717, 1.165) is 23.3 Å². The van der Waals surface area contributed by atoms with E-state index in [-0.39, 0.29) is 29.3 Å². The van der Waals surface area contributed by atoms with Gasteiger partial charge in [-0.2, -0.15) is 0 Å². The molecule has 32 heavy (non-hydrogen) atoms. The first-order valence-corrected chi connectivity index (χ1v) is 10.6. The van der Waals surface area contributed by atoms with Crippen LogP contribution in [0.15, 0.2) is 36.4 Å². The molecule has 2 aromatic rings. The fourth-order valence-corrected chi connectivity index (χ4v) is 3.88. The SMILES string of the molecule is Cc1ccc(Cl)cc1NC(=O)COC(=O)c1ccc2c(c1)C(=O)N(C[C@H]1CCCO1)C2=O. The highest BCUT2D eigenvalue weighted by Crippen LogP contribution is 2.26. The van der Waals surface area contributed by atoms with Crippen molar-refractivity contribution in [2.75, 3.05) is 25.1 Å². The maximum Gasteiger partial charge on any atom is 0.338 e. The first kappa shape index (κ1) is 22.0. The second-order valence-corrected chi connectivity index (χ2v) is 8.14. The number of nitrogens with zero attached hydrogens (tertiary/aromatic N) is 1. The van der Waals surface area contributed by atoms with Crippen molar-refractivity contribution in [1.29, 1.82) is 0 Å². The van der Waals surface area contributed by atoms with Gasteiger partial charge in [-0.25, -0.2) is 4.79 Å². The zero-order valence-electron chi connectivity index (χ0n) is 17.4. The number of benzene rings is 2. The topological polar surface area (TPSA) is 102 Å². The average Bonchev–Trinajstić information content (AvgIpc) is 3.37. The molecule has 2 aliphatic rings. The van der Waals surface area contributed by atoms with E-state index in [1.807, 2.05) is 6.92 Å². The normalized spacial score (nSPS) is 17.4. The van der Waals surface area contributed by atoms with Crippen LogP contribution in [0.2, 0.25) is 5.02 Å². The Kier molecular flexibility index (Phi) is 6.25. The number of nitrogens with one attached hydrogen (secondary N) is 1. The van der Waals surface area contributed by atoms with E-state index in [9.17, 15) is 19.2 Å². The number of aryl methyl sites for hydroxylation is 1. The molecule has 2 aromatic carbocycles. The maximum absolute atomic E-state index is 12.7. The second kappa shape index (κ2) is 9.10. The van der Waals surface area contributed by atoms with Crippen LogP contribution in [0.4, 0.5) is 5.69 Å². The van der Waals surface area contributed by atoms with Gasteiger partial charge in [0.15, 0.2) is 6.61 Å². The van der Waals surface area contributed by atoms with Crippen LogP contribution in [0, 0.1) is 6.92 Å². The Balaban J connectivity index is 1.39. The van der Waals surface area contributed by atoms with Gasteiger partial charge in [0, 0.05) is 17.3 Å². The number of amides is 3. The van der Waals surface area contributed by atoms with Gasteiger partial charge in [-0.3, -0.25) is 19.3 Å². The number of rotatable bonds is 6. The predicted molar refractivity (Wildman–Crippen MR) is 116 cm³/mol. The minimum Gasteiger partial charge on any atom is -0.452 e. The number of fused-ring (bicyclic) bond motifs is 1. The van der Waals surface area contributed by atoms with Crippen molar-refractivity contribution in [2.45, 2.75) is 25.9 Å². The monoisotopic (exact) mass is 456 g/mol. The molecule has 1 atom stereocenters. The summed E-state index contributed by atoms with van der Waals surface area (Å²) in [5, 5.41) is 3.10. The highest BCUT2D eigenvalue weighted by Gasteiger charge is 2.38. The summed E-state index contributed by atoms with van der Waals surface area (Å²) in [6.45, 7) is 2.10. The molecular weight excluding hydrogens is 436 g/mol. The number of halogens is 1. The van der Waals surface area contributed by atoms with Crippen LogP contribution in [0.1, 0.15) is 49.5 Å². The zero-order valence-corrected chi connectivity index (χ0v) is 18.1. The Bertz CT molecular complexity index is 1110. The third-order valence-corrected chi connectivity index (χ3v) is 5.66. The molecule has 2 heterocycles. The molecule has 0 spiro atoms. The average molecular weight is 457 g/mol. The van der Waals surface area contributed by atoms with Gasteiger partial charge in [0.1, 0.15) is 0 Å². The minimum atomic E-state index is -0.774. The standard InChI is InChI=1S/C23H21ClN2O6/c1-13-4-6-15(24)10-19(13)25-20(27)12-32-23(30)14-5-7-17-18(9-14)22(29)26(21(17)28)11-16-3-2-8-31-16/h4-7,9-10,16H,2-3,8,11-12H2,1H3,(H,25,27)/t16-/m1/s1. The van der Waals surface area contributed by atoms with E-state index in [1.165, 1.54) is 18.2 Å². The van der Waals surface area contributed by atoms with Gasteiger partial charge in [0.25, 0.3) is 17.7 Å². The Hall–Kier alpha value is -3.23. The molecule has 166 valence electrons. The lowest BCUT2D eigenvalue weighted by Gasteiger charge is -2.17. The lowest BCUT2D eigenvalue weighted by Crippen LogP contribution is -2.36. The highest BCUT2D eigenvalue weighted by atomic mass is 35.5. The molecule has 2 aliphatic heterocycles. The summed E-state index contributed by atoms with van der Waals surface area (Å²) >= 11 is 5.94. The van der Waals surface area contributed by atoms with Gasteiger partial charge < -0.3 is 14.8 Å².